The van der Waals surface area contributed by atoms with Gasteiger partial charge in [0.05, 0.1) is 31.9 Å². The molecule has 3 aromatic rings. The van der Waals surface area contributed by atoms with Crippen molar-refractivity contribution in [3.8, 4) is 5.75 Å². The van der Waals surface area contributed by atoms with E-state index in [1.807, 2.05) is 48.5 Å². The Bertz CT molecular complexity index is 1480. The van der Waals surface area contributed by atoms with Crippen molar-refractivity contribution in [3.05, 3.63) is 101 Å². The average Bonchev–Trinajstić information content (AvgIpc) is 2.97. The molecule has 2 amide bonds. The van der Waals surface area contributed by atoms with Crippen LogP contribution in [0.1, 0.15) is 64.7 Å². The van der Waals surface area contributed by atoms with Crippen molar-refractivity contribution >= 4 is 21.8 Å². The lowest BCUT2D eigenvalue weighted by Gasteiger charge is -2.49. The Kier molecular flexibility index (Phi) is 8.72. The van der Waals surface area contributed by atoms with Gasteiger partial charge in [0.15, 0.2) is 0 Å². The standard InChI is InChI=1S/C31H35N3O6S/c1-39-23-18-16-22(17-19-23)29-28(30(35)32-40-20-21-10-4-3-5-11-21)24-12-6-7-13-25(24)31(36)34(29)27-15-9-8-14-26(27)33-41(2,37)38/h3-7,10-13,16-19,26-29,33H,8-9,14-15,20H2,1-2H3,(H,32,35)/t26-,27-,28+,29-/m0/s1. The Morgan fingerprint density at radius 2 is 1.63 bits per heavy atom. The van der Waals surface area contributed by atoms with E-state index in [1.54, 1.807) is 42.3 Å². The largest absolute Gasteiger partial charge is 0.497 e. The topological polar surface area (TPSA) is 114 Å². The molecule has 1 heterocycles. The summed E-state index contributed by atoms with van der Waals surface area (Å²) in [6.45, 7) is 0.180. The first kappa shape index (κ1) is 28.8. The Morgan fingerprint density at radius 1 is 0.951 bits per heavy atom. The number of benzene rings is 3. The number of ether oxygens (including phenoxy) is 1. The van der Waals surface area contributed by atoms with Gasteiger partial charge < -0.3 is 9.64 Å². The summed E-state index contributed by atoms with van der Waals surface area (Å²) in [5.74, 6) is -0.795. The summed E-state index contributed by atoms with van der Waals surface area (Å²) in [6, 6.07) is 22.3. The highest BCUT2D eigenvalue weighted by atomic mass is 32.2. The number of carbonyl (C=O) groups is 2. The van der Waals surface area contributed by atoms with Gasteiger partial charge in [-0.2, -0.15) is 0 Å². The van der Waals surface area contributed by atoms with Crippen molar-refractivity contribution in [3.63, 3.8) is 0 Å². The lowest BCUT2D eigenvalue weighted by Crippen LogP contribution is -2.59. The molecule has 10 heteroatoms. The lowest BCUT2D eigenvalue weighted by molar-refractivity contribution is -0.138. The molecule has 4 atom stereocenters. The van der Waals surface area contributed by atoms with Crippen LogP contribution in [0.3, 0.4) is 0 Å². The monoisotopic (exact) mass is 577 g/mol. The number of methoxy groups -OCH3 is 1. The molecule has 0 aromatic heterocycles. The molecule has 0 bridgehead atoms. The minimum Gasteiger partial charge on any atom is -0.497 e. The highest BCUT2D eigenvalue weighted by Crippen LogP contribution is 2.46. The Hall–Kier alpha value is -3.73. The maximum Gasteiger partial charge on any atom is 0.255 e. The molecule has 41 heavy (non-hydrogen) atoms. The summed E-state index contributed by atoms with van der Waals surface area (Å²) >= 11 is 0. The fourth-order valence-corrected chi connectivity index (χ4v) is 6.86. The molecule has 5 rings (SSSR count). The minimum absolute atomic E-state index is 0.180. The first-order chi connectivity index (χ1) is 19.8. The molecule has 0 saturated heterocycles. The smallest absolute Gasteiger partial charge is 0.255 e. The van der Waals surface area contributed by atoms with E-state index in [0.717, 1.165) is 30.2 Å². The van der Waals surface area contributed by atoms with E-state index in [0.29, 0.717) is 29.7 Å². The lowest BCUT2D eigenvalue weighted by atomic mass is 9.76. The van der Waals surface area contributed by atoms with Crippen LogP contribution in [0.25, 0.3) is 0 Å². The fourth-order valence-electron chi connectivity index (χ4n) is 6.04. The Balaban J connectivity index is 1.57. The van der Waals surface area contributed by atoms with Gasteiger partial charge in [-0.3, -0.25) is 14.4 Å². The minimum atomic E-state index is -3.54. The number of rotatable bonds is 9. The molecule has 0 spiro atoms. The van der Waals surface area contributed by atoms with Crippen molar-refractivity contribution in [2.75, 3.05) is 13.4 Å². The van der Waals surface area contributed by atoms with Gasteiger partial charge in [0, 0.05) is 17.6 Å². The zero-order chi connectivity index (χ0) is 29.0. The molecule has 1 aliphatic carbocycles. The predicted molar refractivity (Wildman–Crippen MR) is 154 cm³/mol. The molecular weight excluding hydrogens is 542 g/mol. The van der Waals surface area contributed by atoms with Crippen LogP contribution in [0.4, 0.5) is 0 Å². The number of amides is 2. The van der Waals surface area contributed by atoms with Crippen LogP contribution >= 0.6 is 0 Å². The highest BCUT2D eigenvalue weighted by Gasteiger charge is 2.49. The van der Waals surface area contributed by atoms with Crippen LogP contribution in [0, 0.1) is 0 Å². The summed E-state index contributed by atoms with van der Waals surface area (Å²) < 4.78 is 32.8. The number of hydrogen-bond donors (Lipinski definition) is 2. The number of nitrogens with one attached hydrogen (secondary N) is 2. The molecule has 216 valence electrons. The van der Waals surface area contributed by atoms with Gasteiger partial charge in [-0.1, -0.05) is 73.5 Å². The van der Waals surface area contributed by atoms with Crippen LogP contribution in [-0.4, -0.2) is 50.6 Å². The summed E-state index contributed by atoms with van der Waals surface area (Å²) in [6.07, 6.45) is 4.01. The third-order valence-electron chi connectivity index (χ3n) is 7.82. The SMILES string of the molecule is COc1ccc([C@H]2[C@H](C(=O)NOCc3ccccc3)c3ccccc3C(=O)N2[C@H]2CCCC[C@@H]2NS(C)(=O)=O)cc1. The molecule has 2 aliphatic rings. The van der Waals surface area contributed by atoms with E-state index in [-0.39, 0.29) is 12.5 Å². The average molecular weight is 578 g/mol. The van der Waals surface area contributed by atoms with Crippen molar-refractivity contribution in [2.24, 2.45) is 0 Å². The summed E-state index contributed by atoms with van der Waals surface area (Å²) in [5.41, 5.74) is 5.29. The Labute approximate surface area is 240 Å². The van der Waals surface area contributed by atoms with Gasteiger partial charge in [-0.25, -0.2) is 18.6 Å². The Morgan fingerprint density at radius 3 is 2.34 bits per heavy atom. The maximum absolute atomic E-state index is 14.3. The first-order valence-corrected chi connectivity index (χ1v) is 15.6. The van der Waals surface area contributed by atoms with Gasteiger partial charge in [-0.15, -0.1) is 0 Å². The predicted octanol–water partition coefficient (Wildman–Crippen LogP) is 4.08. The van der Waals surface area contributed by atoms with Crippen molar-refractivity contribution in [1.29, 1.82) is 0 Å². The number of hydrogen-bond acceptors (Lipinski definition) is 6. The summed E-state index contributed by atoms with van der Waals surface area (Å²) in [4.78, 5) is 35.6. The van der Waals surface area contributed by atoms with Gasteiger partial charge in [0.1, 0.15) is 5.75 Å². The van der Waals surface area contributed by atoms with E-state index < -0.39 is 40.0 Å². The van der Waals surface area contributed by atoms with Crippen LogP contribution in [0.5, 0.6) is 5.75 Å². The van der Waals surface area contributed by atoms with E-state index in [1.165, 1.54) is 0 Å². The number of hydroxylamine groups is 1. The molecular formula is C31H35N3O6S. The van der Waals surface area contributed by atoms with Gasteiger partial charge in [0.2, 0.25) is 10.0 Å². The number of carbonyl (C=O) groups excluding carboxylic acids is 2. The van der Waals surface area contributed by atoms with Crippen molar-refractivity contribution in [1.82, 2.24) is 15.1 Å². The van der Waals surface area contributed by atoms with E-state index in [2.05, 4.69) is 10.2 Å². The molecule has 1 aliphatic heterocycles. The van der Waals surface area contributed by atoms with E-state index in [9.17, 15) is 18.0 Å². The molecule has 0 unspecified atom stereocenters. The summed E-state index contributed by atoms with van der Waals surface area (Å²) in [7, 11) is -1.96. The zero-order valence-corrected chi connectivity index (χ0v) is 24.0. The third-order valence-corrected chi connectivity index (χ3v) is 8.55. The second-order valence-corrected chi connectivity index (χ2v) is 12.4. The molecule has 0 radical (unpaired) electrons. The van der Waals surface area contributed by atoms with Crippen LogP contribution in [0.15, 0.2) is 78.9 Å². The number of nitrogens with zero attached hydrogens (tertiary/aromatic N) is 1. The van der Waals surface area contributed by atoms with Gasteiger partial charge in [0.25, 0.3) is 11.8 Å². The van der Waals surface area contributed by atoms with Gasteiger partial charge in [-0.05, 0) is 47.7 Å². The normalized spacial score (nSPS) is 22.6. The van der Waals surface area contributed by atoms with Crippen molar-refractivity contribution < 1.29 is 27.6 Å². The van der Waals surface area contributed by atoms with Crippen LogP contribution in [-0.2, 0) is 26.3 Å². The first-order valence-electron chi connectivity index (χ1n) is 13.7. The molecule has 1 fully saturated rings. The summed E-state index contributed by atoms with van der Waals surface area (Å²) in [5, 5.41) is 0. The van der Waals surface area contributed by atoms with Gasteiger partial charge >= 0.3 is 0 Å². The molecule has 1 saturated carbocycles. The fraction of sp³-hybridized carbons (Fsp3) is 0.355. The quantitative estimate of drug-likeness (QED) is 0.371. The van der Waals surface area contributed by atoms with Crippen LogP contribution < -0.4 is 14.9 Å². The second kappa shape index (κ2) is 12.4. The number of sulfonamides is 1. The maximum atomic E-state index is 14.3. The number of fused-ring (bicyclic) bond motifs is 1. The molecule has 3 aromatic carbocycles. The second-order valence-electron chi connectivity index (χ2n) is 10.6. The molecule has 2 N–H and O–H groups in total. The van der Waals surface area contributed by atoms with Crippen molar-refractivity contribution in [2.45, 2.75) is 56.3 Å². The van der Waals surface area contributed by atoms with E-state index >= 15 is 0 Å². The molecule has 9 nitrogen and oxygen atoms in total. The highest BCUT2D eigenvalue weighted by molar-refractivity contribution is 7.88. The zero-order valence-electron chi connectivity index (χ0n) is 23.2. The van der Waals surface area contributed by atoms with Crippen LogP contribution in [0.2, 0.25) is 0 Å². The third kappa shape index (κ3) is 6.45. The van der Waals surface area contributed by atoms with E-state index in [4.69, 9.17) is 9.57 Å².